The van der Waals surface area contributed by atoms with E-state index in [4.69, 9.17) is 0 Å². The first-order chi connectivity index (χ1) is 19.6. The van der Waals surface area contributed by atoms with E-state index in [-0.39, 0.29) is 22.9 Å². The first-order valence-corrected chi connectivity index (χ1v) is 16.2. The summed E-state index contributed by atoms with van der Waals surface area (Å²) in [7, 11) is 0. The van der Waals surface area contributed by atoms with Crippen LogP contribution in [-0.2, 0) is 21.9 Å². The predicted molar refractivity (Wildman–Crippen MR) is 158 cm³/mol. The third-order valence-electron chi connectivity index (χ3n) is 12.4. The van der Waals surface area contributed by atoms with E-state index >= 15 is 0 Å². The molecule has 42 heavy (non-hydrogen) atoms. The number of halogens is 3. The molecule has 0 spiro atoms. The van der Waals surface area contributed by atoms with Crippen molar-refractivity contribution >= 4 is 11.9 Å². The van der Waals surface area contributed by atoms with Crippen molar-refractivity contribution < 1.29 is 22.8 Å². The van der Waals surface area contributed by atoms with E-state index in [2.05, 4.69) is 25.2 Å². The Morgan fingerprint density at radius 2 is 1.64 bits per heavy atom. The first-order valence-electron chi connectivity index (χ1n) is 16.2. The van der Waals surface area contributed by atoms with Gasteiger partial charge in [-0.25, -0.2) is 4.79 Å². The number of rotatable bonds is 2. The fraction of sp³-hybridized carbons (Fsp3) is 0.714. The van der Waals surface area contributed by atoms with Crippen molar-refractivity contribution in [3.8, 4) is 0 Å². The highest BCUT2D eigenvalue weighted by Crippen LogP contribution is 2.64. The van der Waals surface area contributed by atoms with Crippen molar-refractivity contribution in [1.82, 2.24) is 10.2 Å². The van der Waals surface area contributed by atoms with Gasteiger partial charge in [0.15, 0.2) is 0 Å². The molecule has 4 aliphatic carbocycles. The van der Waals surface area contributed by atoms with Crippen LogP contribution in [0, 0.1) is 28.6 Å². The van der Waals surface area contributed by atoms with Crippen LogP contribution in [0.5, 0.6) is 0 Å². The van der Waals surface area contributed by atoms with Crippen LogP contribution < -0.4 is 5.32 Å². The van der Waals surface area contributed by atoms with Crippen LogP contribution in [0.1, 0.15) is 122 Å². The Balaban J connectivity index is 1.33. The Hall–Kier alpha value is -2.31. The predicted octanol–water partition coefficient (Wildman–Crippen LogP) is 8.88. The van der Waals surface area contributed by atoms with Crippen molar-refractivity contribution in [3.63, 3.8) is 0 Å². The van der Waals surface area contributed by atoms with Crippen molar-refractivity contribution in [2.75, 3.05) is 0 Å². The Bertz CT molecular complexity index is 1290. The monoisotopic (exact) mass is 584 g/mol. The largest absolute Gasteiger partial charge is 0.416 e. The average Bonchev–Trinajstić information content (AvgIpc) is 3.54. The maximum Gasteiger partial charge on any atom is 0.416 e. The second-order valence-corrected chi connectivity index (χ2v) is 15.7. The molecule has 0 bridgehead atoms. The summed E-state index contributed by atoms with van der Waals surface area (Å²) < 4.78 is 43.7. The summed E-state index contributed by atoms with van der Waals surface area (Å²) >= 11 is 0. The van der Waals surface area contributed by atoms with Crippen LogP contribution >= 0.6 is 0 Å². The Labute approximate surface area is 248 Å². The summed E-state index contributed by atoms with van der Waals surface area (Å²) in [5, 5.41) is 3.08. The lowest BCUT2D eigenvalue weighted by molar-refractivity contribution is -0.139. The summed E-state index contributed by atoms with van der Waals surface area (Å²) in [6.45, 7) is 10.4. The summed E-state index contributed by atoms with van der Waals surface area (Å²) in [6.07, 6.45) is 9.20. The number of hydrogen-bond acceptors (Lipinski definition) is 2. The second kappa shape index (κ2) is 9.85. The van der Waals surface area contributed by atoms with Crippen molar-refractivity contribution in [2.24, 2.45) is 28.6 Å². The van der Waals surface area contributed by atoms with E-state index in [0.29, 0.717) is 41.6 Å². The molecule has 3 amide bonds. The fourth-order valence-electron chi connectivity index (χ4n) is 10.1. The zero-order chi connectivity index (χ0) is 30.3. The van der Waals surface area contributed by atoms with Gasteiger partial charge in [-0.15, -0.1) is 0 Å². The van der Waals surface area contributed by atoms with Gasteiger partial charge in [0.05, 0.1) is 17.1 Å². The molecule has 1 heterocycles. The molecule has 4 saturated carbocycles. The molecule has 6 rings (SSSR count). The number of alkyl halides is 3. The average molecular weight is 585 g/mol. The number of benzene rings is 1. The van der Waals surface area contributed by atoms with Gasteiger partial charge in [0.25, 0.3) is 5.91 Å². The van der Waals surface area contributed by atoms with Crippen LogP contribution in [0.2, 0.25) is 0 Å². The van der Waals surface area contributed by atoms with Crippen LogP contribution in [-0.4, -0.2) is 22.9 Å². The van der Waals surface area contributed by atoms with Gasteiger partial charge < -0.3 is 5.32 Å². The lowest BCUT2D eigenvalue weighted by Crippen LogP contribution is -2.64. The number of carbonyl (C=O) groups is 2. The zero-order valence-corrected chi connectivity index (χ0v) is 25.9. The quantitative estimate of drug-likeness (QED) is 0.377. The molecule has 1 aromatic rings. The lowest BCUT2D eigenvalue weighted by Gasteiger charge is -2.59. The van der Waals surface area contributed by atoms with E-state index < -0.39 is 28.7 Å². The van der Waals surface area contributed by atoms with Crippen molar-refractivity contribution in [3.05, 3.63) is 47.0 Å². The van der Waals surface area contributed by atoms with E-state index in [0.717, 1.165) is 32.1 Å². The number of imide groups is 1. The molecule has 0 saturated heterocycles. The van der Waals surface area contributed by atoms with Gasteiger partial charge in [-0.1, -0.05) is 72.1 Å². The van der Waals surface area contributed by atoms with Crippen LogP contribution in [0.15, 0.2) is 30.4 Å². The standard InChI is InChI=1S/C35H47F3N2O2/c1-31(2,3)22-10-12-26(27(21-22)35(36,37)38)34(17-6-7-18-34)39-30(42)40-28-13-11-23-24-9-8-16-32(24,4)19-14-25(23)33(28,5)20-15-29(40)41/h10,12,15,20-21,23-25,28H,6-9,11,13-14,16-19H2,1-5H3,(H,39,42)/t23-,24-,25-,28+,32-,33+/m0/s1. The third-order valence-corrected chi connectivity index (χ3v) is 12.4. The number of amides is 3. The van der Waals surface area contributed by atoms with E-state index in [1.165, 1.54) is 36.6 Å². The third kappa shape index (κ3) is 4.63. The maximum atomic E-state index is 14.6. The SMILES string of the molecule is CC(C)(C)c1ccc(C2(NC(=O)N3C(=O)C=C[C@]4(C)[C@H]5CC[C@]6(C)CCC[C@H]6[C@@H]5CC[C@@H]34)CCCC2)c(C(F)(F)F)c1. The zero-order valence-electron chi connectivity index (χ0n) is 25.9. The number of nitrogens with zero attached hydrogens (tertiary/aromatic N) is 1. The lowest BCUT2D eigenvalue weighted by atomic mass is 9.48. The van der Waals surface area contributed by atoms with Gasteiger partial charge in [0, 0.05) is 11.5 Å². The molecule has 1 aromatic carbocycles. The highest BCUT2D eigenvalue weighted by atomic mass is 19.4. The van der Waals surface area contributed by atoms with Gasteiger partial charge in [-0.05, 0) is 97.1 Å². The molecule has 0 radical (unpaired) electrons. The second-order valence-electron chi connectivity index (χ2n) is 15.7. The van der Waals surface area contributed by atoms with Crippen LogP contribution in [0.3, 0.4) is 0 Å². The number of fused-ring (bicyclic) bond motifs is 5. The van der Waals surface area contributed by atoms with Crippen molar-refractivity contribution in [1.29, 1.82) is 0 Å². The smallest absolute Gasteiger partial charge is 0.328 e. The van der Waals surface area contributed by atoms with Crippen LogP contribution in [0.25, 0.3) is 0 Å². The van der Waals surface area contributed by atoms with Gasteiger partial charge in [-0.2, -0.15) is 13.2 Å². The van der Waals surface area contributed by atoms with Gasteiger partial charge >= 0.3 is 12.2 Å². The number of urea groups is 1. The maximum absolute atomic E-state index is 14.6. The molecule has 6 atom stereocenters. The van der Waals surface area contributed by atoms with E-state index in [1.807, 2.05) is 20.8 Å². The number of hydrogen-bond donors (Lipinski definition) is 1. The minimum atomic E-state index is -4.56. The highest BCUT2D eigenvalue weighted by Gasteiger charge is 2.59. The molecule has 4 fully saturated rings. The molecule has 0 aromatic heterocycles. The minimum Gasteiger partial charge on any atom is -0.328 e. The van der Waals surface area contributed by atoms with Gasteiger partial charge in [0.2, 0.25) is 0 Å². The summed E-state index contributed by atoms with van der Waals surface area (Å²) in [5.74, 6) is 1.32. The normalized spacial score (nSPS) is 35.9. The van der Waals surface area contributed by atoms with E-state index in [9.17, 15) is 22.8 Å². The first kappa shape index (κ1) is 29.7. The van der Waals surface area contributed by atoms with Gasteiger partial charge in [-0.3, -0.25) is 9.69 Å². The molecule has 1 aliphatic heterocycles. The molecular formula is C35H47F3N2O2. The number of carbonyl (C=O) groups excluding carboxylic acids is 2. The molecule has 5 aliphatic rings. The summed E-state index contributed by atoms with van der Waals surface area (Å²) in [5.41, 5.74) is -1.50. The van der Waals surface area contributed by atoms with Gasteiger partial charge in [0.1, 0.15) is 0 Å². The molecule has 4 nitrogen and oxygen atoms in total. The minimum absolute atomic E-state index is 0.119. The summed E-state index contributed by atoms with van der Waals surface area (Å²) in [6, 6.07) is 3.77. The molecular weight excluding hydrogens is 537 g/mol. The molecule has 1 N–H and O–H groups in total. The molecule has 7 heteroatoms. The fourth-order valence-corrected chi connectivity index (χ4v) is 10.1. The number of nitrogens with one attached hydrogen (secondary N) is 1. The highest BCUT2D eigenvalue weighted by molar-refractivity contribution is 6.02. The van der Waals surface area contributed by atoms with Crippen molar-refractivity contribution in [2.45, 2.75) is 128 Å². The topological polar surface area (TPSA) is 49.4 Å². The molecule has 230 valence electrons. The Kier molecular flexibility index (Phi) is 6.98. The Morgan fingerprint density at radius 3 is 2.31 bits per heavy atom. The Morgan fingerprint density at radius 1 is 0.929 bits per heavy atom. The van der Waals surface area contributed by atoms with Crippen LogP contribution in [0.4, 0.5) is 18.0 Å². The summed E-state index contributed by atoms with van der Waals surface area (Å²) in [4.78, 5) is 29.0. The molecule has 0 unspecified atom stereocenters. The van der Waals surface area contributed by atoms with E-state index in [1.54, 1.807) is 18.2 Å².